The first-order chi connectivity index (χ1) is 24.1. The first-order valence-corrected chi connectivity index (χ1v) is 17.5. The highest BCUT2D eigenvalue weighted by Gasteiger charge is 2.30. The Balaban J connectivity index is 1.19. The number of hydrogen-bond acceptors (Lipinski definition) is 6. The van der Waals surface area contributed by atoms with Crippen molar-refractivity contribution in [3.63, 3.8) is 0 Å². The maximum Gasteiger partial charge on any atom is 0.341 e. The summed E-state index contributed by atoms with van der Waals surface area (Å²) in [6.45, 7) is 1.26. The number of amides is 2. The van der Waals surface area contributed by atoms with Crippen molar-refractivity contribution in [2.45, 2.75) is 37.1 Å². The maximum absolute atomic E-state index is 13.8. The molecular weight excluding hydrogens is 655 g/mol. The van der Waals surface area contributed by atoms with E-state index in [0.29, 0.717) is 16.5 Å². The molecule has 254 valence electrons. The number of rotatable bonds is 13. The van der Waals surface area contributed by atoms with E-state index < -0.39 is 22.6 Å². The summed E-state index contributed by atoms with van der Waals surface area (Å²) < 4.78 is 34.1. The monoisotopic (exact) mass is 689 g/mol. The molecular formula is C39H35N3O7S. The number of ether oxygens (including phenoxy) is 1. The molecule has 1 aliphatic rings. The standard InChI is InChI=1S/C39H35N3O7S/c1-3-20-41(38(44)18-19-40-37(43)22-35-32-10-6-4-8-30(32)31-9-5-7-11-33(31)35)23-27-24-42(50(47,48)29-15-12-26(2)13-16-29)36-17-14-28(21-34(27)36)49-25-39(45)46/h1,4-17,21,24,35H,18-20,22-23,25H2,2H3,(H,40,43)(H,45,46). The van der Waals surface area contributed by atoms with Gasteiger partial charge in [-0.25, -0.2) is 17.2 Å². The van der Waals surface area contributed by atoms with Gasteiger partial charge in [0.2, 0.25) is 11.8 Å². The number of hydrogen-bond donors (Lipinski definition) is 2. The molecule has 0 aliphatic heterocycles. The van der Waals surface area contributed by atoms with Gasteiger partial charge < -0.3 is 20.1 Å². The van der Waals surface area contributed by atoms with Crippen molar-refractivity contribution in [3.05, 3.63) is 119 Å². The van der Waals surface area contributed by atoms with Gasteiger partial charge in [-0.15, -0.1) is 6.42 Å². The summed E-state index contributed by atoms with van der Waals surface area (Å²) in [5.41, 5.74) is 6.11. The summed E-state index contributed by atoms with van der Waals surface area (Å²) in [6, 6.07) is 27.1. The maximum atomic E-state index is 13.8. The van der Waals surface area contributed by atoms with E-state index in [0.717, 1.165) is 31.8 Å². The van der Waals surface area contributed by atoms with Crippen LogP contribution in [0, 0.1) is 19.3 Å². The quantitative estimate of drug-likeness (QED) is 0.160. The van der Waals surface area contributed by atoms with Gasteiger partial charge >= 0.3 is 5.97 Å². The molecule has 0 saturated heterocycles. The van der Waals surface area contributed by atoms with E-state index in [-0.39, 0.29) is 60.9 Å². The van der Waals surface area contributed by atoms with E-state index in [9.17, 15) is 22.8 Å². The van der Waals surface area contributed by atoms with Gasteiger partial charge in [0.15, 0.2) is 6.61 Å². The second-order valence-corrected chi connectivity index (χ2v) is 13.9. The number of carboxylic acids is 1. The largest absolute Gasteiger partial charge is 0.482 e. The molecule has 0 unspecified atom stereocenters. The zero-order valence-electron chi connectivity index (χ0n) is 27.3. The molecule has 1 aliphatic carbocycles. The Morgan fingerprint density at radius 3 is 2.26 bits per heavy atom. The molecule has 0 bridgehead atoms. The van der Waals surface area contributed by atoms with Crippen LogP contribution in [-0.2, 0) is 31.0 Å². The van der Waals surface area contributed by atoms with Crippen molar-refractivity contribution < 1.29 is 32.6 Å². The lowest BCUT2D eigenvalue weighted by molar-refractivity contribution is -0.139. The average Bonchev–Trinajstić information content (AvgIpc) is 3.63. The third-order valence-corrected chi connectivity index (χ3v) is 10.5. The van der Waals surface area contributed by atoms with Crippen LogP contribution >= 0.6 is 0 Å². The van der Waals surface area contributed by atoms with Crippen molar-refractivity contribution in [3.8, 4) is 29.2 Å². The van der Waals surface area contributed by atoms with Crippen LogP contribution in [0.3, 0.4) is 0 Å². The fraction of sp³-hybridized carbons (Fsp3) is 0.205. The second-order valence-electron chi connectivity index (χ2n) is 12.1. The Morgan fingerprint density at radius 1 is 0.960 bits per heavy atom. The molecule has 0 saturated carbocycles. The lowest BCUT2D eigenvalue weighted by Gasteiger charge is -2.20. The highest BCUT2D eigenvalue weighted by Crippen LogP contribution is 2.46. The number of nitrogens with one attached hydrogen (secondary N) is 1. The minimum absolute atomic E-state index is 0.0292. The van der Waals surface area contributed by atoms with Gasteiger partial charge in [0, 0.05) is 43.4 Å². The normalized spacial score (nSPS) is 12.2. The van der Waals surface area contributed by atoms with Crippen LogP contribution < -0.4 is 10.1 Å². The number of carbonyl (C=O) groups is 3. The average molecular weight is 690 g/mol. The minimum Gasteiger partial charge on any atom is -0.482 e. The molecule has 2 amide bonds. The molecule has 1 heterocycles. The van der Waals surface area contributed by atoms with Crippen molar-refractivity contribution >= 4 is 38.7 Å². The van der Waals surface area contributed by atoms with Gasteiger partial charge in [-0.1, -0.05) is 72.1 Å². The summed E-state index contributed by atoms with van der Waals surface area (Å²) in [7, 11) is -4.05. The molecule has 0 fully saturated rings. The molecule has 0 atom stereocenters. The first-order valence-electron chi connectivity index (χ1n) is 16.0. The Bertz CT molecular complexity index is 2210. The van der Waals surface area contributed by atoms with Crippen LogP contribution in [0.5, 0.6) is 5.75 Å². The SMILES string of the molecule is C#CCN(Cc1cn(S(=O)(=O)c2ccc(C)cc2)c2ccc(OCC(=O)O)cc12)C(=O)CCNC(=O)CC1c2ccccc2-c2ccccc21. The lowest BCUT2D eigenvalue weighted by atomic mass is 9.93. The number of aromatic nitrogens is 1. The number of benzene rings is 4. The number of aliphatic carboxylic acids is 1. The van der Waals surface area contributed by atoms with E-state index in [4.69, 9.17) is 16.3 Å². The molecule has 50 heavy (non-hydrogen) atoms. The predicted octanol–water partition coefficient (Wildman–Crippen LogP) is 5.32. The molecule has 1 aromatic heterocycles. The lowest BCUT2D eigenvalue weighted by Crippen LogP contribution is -2.34. The van der Waals surface area contributed by atoms with Gasteiger partial charge in [0.1, 0.15) is 5.75 Å². The Hall–Kier alpha value is -5.86. The van der Waals surface area contributed by atoms with E-state index in [1.54, 1.807) is 18.2 Å². The second kappa shape index (κ2) is 14.3. The summed E-state index contributed by atoms with van der Waals surface area (Å²) in [4.78, 5) is 39.2. The number of terminal acetylenes is 1. The van der Waals surface area contributed by atoms with Crippen LogP contribution in [0.25, 0.3) is 22.0 Å². The number of carboxylic acid groups (broad SMARTS) is 1. The fourth-order valence-corrected chi connectivity index (χ4v) is 7.77. The van der Waals surface area contributed by atoms with Crippen LogP contribution in [-0.4, -0.2) is 59.9 Å². The van der Waals surface area contributed by atoms with Crippen molar-refractivity contribution in [2.75, 3.05) is 19.7 Å². The molecule has 11 heteroatoms. The van der Waals surface area contributed by atoms with Crippen LogP contribution in [0.15, 0.2) is 102 Å². The smallest absolute Gasteiger partial charge is 0.341 e. The molecule has 5 aromatic rings. The Labute approximate surface area is 290 Å². The third-order valence-electron chi connectivity index (χ3n) is 8.77. The molecule has 10 nitrogen and oxygen atoms in total. The zero-order valence-corrected chi connectivity index (χ0v) is 28.2. The topological polar surface area (TPSA) is 135 Å². The number of carbonyl (C=O) groups excluding carboxylic acids is 2. The molecule has 0 radical (unpaired) electrons. The molecule has 2 N–H and O–H groups in total. The zero-order chi connectivity index (χ0) is 35.4. The Kier molecular flexibility index (Phi) is 9.74. The third kappa shape index (κ3) is 6.97. The van der Waals surface area contributed by atoms with E-state index in [2.05, 4.69) is 23.4 Å². The summed E-state index contributed by atoms with van der Waals surface area (Å²) in [6.07, 6.45) is 7.29. The van der Waals surface area contributed by atoms with Crippen molar-refractivity contribution in [1.82, 2.24) is 14.2 Å². The summed E-state index contributed by atoms with van der Waals surface area (Å²) in [5.74, 6) is 0.945. The van der Waals surface area contributed by atoms with E-state index in [1.807, 2.05) is 43.3 Å². The van der Waals surface area contributed by atoms with E-state index >= 15 is 0 Å². The van der Waals surface area contributed by atoms with Gasteiger partial charge in [-0.3, -0.25) is 9.59 Å². The van der Waals surface area contributed by atoms with E-state index in [1.165, 1.54) is 35.4 Å². The molecule has 0 spiro atoms. The highest BCUT2D eigenvalue weighted by atomic mass is 32.2. The number of aryl methyl sites for hydroxylation is 1. The number of fused-ring (bicyclic) bond motifs is 4. The minimum atomic E-state index is -4.05. The first kappa shape index (κ1) is 34.0. The Morgan fingerprint density at radius 2 is 1.62 bits per heavy atom. The van der Waals surface area contributed by atoms with Crippen molar-refractivity contribution in [1.29, 1.82) is 0 Å². The van der Waals surface area contributed by atoms with Gasteiger partial charge in [0.25, 0.3) is 10.0 Å². The highest BCUT2D eigenvalue weighted by molar-refractivity contribution is 7.90. The predicted molar refractivity (Wildman–Crippen MR) is 189 cm³/mol. The van der Waals surface area contributed by atoms with Gasteiger partial charge in [-0.05, 0) is 65.1 Å². The van der Waals surface area contributed by atoms with Crippen LogP contribution in [0.2, 0.25) is 0 Å². The molecule has 4 aromatic carbocycles. The summed E-state index contributed by atoms with van der Waals surface area (Å²) >= 11 is 0. The number of nitrogens with zero attached hydrogens (tertiary/aromatic N) is 2. The molecule has 6 rings (SSSR count). The van der Waals surface area contributed by atoms with Crippen molar-refractivity contribution in [2.24, 2.45) is 0 Å². The summed E-state index contributed by atoms with van der Waals surface area (Å²) in [5, 5.41) is 12.4. The van der Waals surface area contributed by atoms with Crippen LogP contribution in [0.4, 0.5) is 0 Å². The van der Waals surface area contributed by atoms with Gasteiger partial charge in [-0.2, -0.15) is 0 Å². The van der Waals surface area contributed by atoms with Crippen LogP contribution in [0.1, 0.15) is 41.0 Å². The van der Waals surface area contributed by atoms with Gasteiger partial charge in [0.05, 0.1) is 17.0 Å². The fourth-order valence-electron chi connectivity index (χ4n) is 6.38.